The van der Waals surface area contributed by atoms with Gasteiger partial charge in [0.15, 0.2) is 11.2 Å². The Hall–Kier alpha value is -3.34. The molecule has 12 heteroatoms. The molecule has 1 atom stereocenters. The Bertz CT molecular complexity index is 1400. The number of alkyl halides is 3. The van der Waals surface area contributed by atoms with Crippen LogP contribution in [0.15, 0.2) is 51.0 Å². The summed E-state index contributed by atoms with van der Waals surface area (Å²) in [5.41, 5.74) is -1.28. The van der Waals surface area contributed by atoms with E-state index in [1.54, 1.807) is 10.6 Å². The molecule has 0 amide bonds. The first-order valence-electron chi connectivity index (χ1n) is 9.78. The summed E-state index contributed by atoms with van der Waals surface area (Å²) in [6.45, 7) is 0.255. The fourth-order valence-electron chi connectivity index (χ4n) is 3.67. The van der Waals surface area contributed by atoms with Gasteiger partial charge in [0, 0.05) is 25.0 Å². The number of nitrogens with zero attached hydrogens (tertiary/aromatic N) is 3. The maximum Gasteiger partial charge on any atom is 0.573 e. The summed E-state index contributed by atoms with van der Waals surface area (Å²) < 4.78 is 58.8. The van der Waals surface area contributed by atoms with Crippen LogP contribution in [-0.4, -0.2) is 25.5 Å². The lowest BCUT2D eigenvalue weighted by atomic mass is 10.0. The number of rotatable bonds is 5. The first-order chi connectivity index (χ1) is 15.5. The van der Waals surface area contributed by atoms with E-state index in [1.165, 1.54) is 7.05 Å². The normalized spacial score (nSPS) is 16.3. The third-order valence-electron chi connectivity index (χ3n) is 5.25. The van der Waals surface area contributed by atoms with Crippen LogP contribution in [0.5, 0.6) is 5.75 Å². The smallest absolute Gasteiger partial charge is 0.406 e. The van der Waals surface area contributed by atoms with Crippen molar-refractivity contribution < 1.29 is 22.3 Å². The number of allylic oxidation sites excluding steroid dienone is 4. The van der Waals surface area contributed by atoms with Gasteiger partial charge in [-0.1, -0.05) is 23.8 Å². The van der Waals surface area contributed by atoms with Gasteiger partial charge in [-0.25, -0.2) is 14.2 Å². The van der Waals surface area contributed by atoms with Gasteiger partial charge in [0.1, 0.15) is 17.4 Å². The summed E-state index contributed by atoms with van der Waals surface area (Å²) in [6, 6.07) is 2.66. The molecule has 3 aromatic rings. The monoisotopic (exact) mass is 484 g/mol. The predicted molar refractivity (Wildman–Crippen MR) is 113 cm³/mol. The van der Waals surface area contributed by atoms with Gasteiger partial charge in [-0.2, -0.15) is 0 Å². The standard InChI is InChI=1S/C21H17ClF4N4O3/c1-29-18-17(19(31)28-20(29)32)30(10-11-2-4-13(22)5-3-11)16(27-18)9-12-8-14(6-7-15(12)23)33-21(24,25)26/h2,4-8,11H,3,9-10H2,1H3,(H,28,31,32). The number of nitrogens with one attached hydrogen (secondary N) is 1. The van der Waals surface area contributed by atoms with Crippen LogP contribution >= 0.6 is 11.6 Å². The van der Waals surface area contributed by atoms with E-state index in [-0.39, 0.29) is 41.4 Å². The molecule has 0 saturated carbocycles. The lowest BCUT2D eigenvalue weighted by molar-refractivity contribution is -0.274. The van der Waals surface area contributed by atoms with Crippen LogP contribution in [0.4, 0.5) is 17.6 Å². The van der Waals surface area contributed by atoms with Crippen LogP contribution in [0.25, 0.3) is 11.2 Å². The van der Waals surface area contributed by atoms with Gasteiger partial charge in [-0.05, 0) is 42.2 Å². The highest BCUT2D eigenvalue weighted by molar-refractivity contribution is 6.31. The molecule has 0 fully saturated rings. The highest BCUT2D eigenvalue weighted by Crippen LogP contribution is 2.27. The van der Waals surface area contributed by atoms with Crippen molar-refractivity contribution in [3.8, 4) is 5.75 Å². The van der Waals surface area contributed by atoms with Crippen molar-refractivity contribution in [1.82, 2.24) is 19.1 Å². The molecule has 0 bridgehead atoms. The molecule has 1 aromatic carbocycles. The van der Waals surface area contributed by atoms with Gasteiger partial charge >= 0.3 is 12.1 Å². The zero-order valence-electron chi connectivity index (χ0n) is 17.1. The molecule has 1 aliphatic rings. The molecule has 0 saturated heterocycles. The zero-order chi connectivity index (χ0) is 23.9. The highest BCUT2D eigenvalue weighted by Gasteiger charge is 2.31. The van der Waals surface area contributed by atoms with Crippen LogP contribution < -0.4 is 16.0 Å². The first kappa shape index (κ1) is 22.8. The minimum absolute atomic E-state index is 0.0787. The Labute approximate surface area is 188 Å². The Morgan fingerprint density at radius 1 is 1.30 bits per heavy atom. The molecular formula is C21H17ClF4N4O3. The predicted octanol–water partition coefficient (Wildman–Crippen LogP) is 3.75. The number of hydrogen-bond acceptors (Lipinski definition) is 4. The third-order valence-corrected chi connectivity index (χ3v) is 5.53. The van der Waals surface area contributed by atoms with E-state index < -0.39 is 29.2 Å². The van der Waals surface area contributed by atoms with E-state index in [9.17, 15) is 27.2 Å². The number of fused-ring (bicyclic) bond motifs is 1. The van der Waals surface area contributed by atoms with Crippen molar-refractivity contribution in [1.29, 1.82) is 0 Å². The van der Waals surface area contributed by atoms with Crippen molar-refractivity contribution in [2.75, 3.05) is 0 Å². The summed E-state index contributed by atoms with van der Waals surface area (Å²) in [4.78, 5) is 31.2. The SMILES string of the molecule is Cn1c(=O)[nH]c(=O)c2c1nc(Cc1cc(OC(F)(F)F)ccc1F)n2CC1C=CC(Cl)=CC1. The number of benzene rings is 1. The number of aryl methyl sites for hydroxylation is 1. The van der Waals surface area contributed by atoms with Crippen molar-refractivity contribution in [2.45, 2.75) is 25.7 Å². The molecule has 174 valence electrons. The number of aromatic amines is 1. The summed E-state index contributed by atoms with van der Waals surface area (Å²) in [7, 11) is 1.42. The van der Waals surface area contributed by atoms with Crippen LogP contribution in [0, 0.1) is 11.7 Å². The summed E-state index contributed by atoms with van der Waals surface area (Å²) in [5.74, 6) is -1.22. The summed E-state index contributed by atoms with van der Waals surface area (Å²) in [5, 5.41) is 0.575. The molecule has 2 aromatic heterocycles. The molecule has 0 radical (unpaired) electrons. The molecule has 1 unspecified atom stereocenters. The summed E-state index contributed by atoms with van der Waals surface area (Å²) >= 11 is 5.97. The van der Waals surface area contributed by atoms with Crippen molar-refractivity contribution in [3.63, 3.8) is 0 Å². The second-order valence-electron chi connectivity index (χ2n) is 7.55. The van der Waals surface area contributed by atoms with Gasteiger partial charge in [-0.15, -0.1) is 13.2 Å². The second-order valence-corrected chi connectivity index (χ2v) is 7.99. The van der Waals surface area contributed by atoms with Gasteiger partial charge in [-0.3, -0.25) is 14.3 Å². The minimum atomic E-state index is -4.93. The number of imidazole rings is 1. The average molecular weight is 485 g/mol. The van der Waals surface area contributed by atoms with E-state index >= 15 is 0 Å². The zero-order valence-corrected chi connectivity index (χ0v) is 17.9. The Balaban J connectivity index is 1.80. The van der Waals surface area contributed by atoms with E-state index in [4.69, 9.17) is 11.6 Å². The topological polar surface area (TPSA) is 81.9 Å². The molecule has 7 nitrogen and oxygen atoms in total. The molecule has 4 rings (SSSR count). The Kier molecular flexibility index (Phi) is 5.91. The highest BCUT2D eigenvalue weighted by atomic mass is 35.5. The van der Waals surface area contributed by atoms with E-state index in [2.05, 4.69) is 14.7 Å². The van der Waals surface area contributed by atoms with Gasteiger partial charge in [0.25, 0.3) is 5.56 Å². The van der Waals surface area contributed by atoms with Crippen molar-refractivity contribution in [3.05, 3.63) is 79.5 Å². The number of hydrogen-bond donors (Lipinski definition) is 1. The molecule has 0 aliphatic heterocycles. The summed E-state index contributed by atoms with van der Waals surface area (Å²) in [6.07, 6.45) is 0.773. The van der Waals surface area contributed by atoms with E-state index in [1.807, 2.05) is 12.2 Å². The molecule has 1 aliphatic carbocycles. The first-order valence-corrected chi connectivity index (χ1v) is 10.2. The lowest BCUT2D eigenvalue weighted by Crippen LogP contribution is -2.29. The van der Waals surface area contributed by atoms with Gasteiger partial charge in [0.2, 0.25) is 0 Å². The number of halogens is 5. The molecule has 33 heavy (non-hydrogen) atoms. The largest absolute Gasteiger partial charge is 0.573 e. The maximum absolute atomic E-state index is 14.5. The van der Waals surface area contributed by atoms with Crippen molar-refractivity contribution >= 4 is 22.8 Å². The average Bonchev–Trinajstić information content (AvgIpc) is 3.08. The Morgan fingerprint density at radius 2 is 2.06 bits per heavy atom. The quantitative estimate of drug-likeness (QED) is 0.559. The number of ether oxygens (including phenoxy) is 1. The fourth-order valence-corrected chi connectivity index (χ4v) is 3.84. The molecule has 1 N–H and O–H groups in total. The molecular weight excluding hydrogens is 468 g/mol. The van der Waals surface area contributed by atoms with E-state index in [0.29, 0.717) is 11.5 Å². The maximum atomic E-state index is 14.5. The molecule has 0 spiro atoms. The lowest BCUT2D eigenvalue weighted by Gasteiger charge is -2.17. The third kappa shape index (κ3) is 4.87. The van der Waals surface area contributed by atoms with E-state index in [0.717, 1.165) is 22.8 Å². The van der Waals surface area contributed by atoms with Gasteiger partial charge < -0.3 is 9.30 Å². The van der Waals surface area contributed by atoms with Crippen LogP contribution in [0.1, 0.15) is 17.8 Å². The Morgan fingerprint density at radius 3 is 2.73 bits per heavy atom. The number of aromatic nitrogens is 4. The minimum Gasteiger partial charge on any atom is -0.406 e. The second kappa shape index (κ2) is 8.54. The van der Waals surface area contributed by atoms with Crippen molar-refractivity contribution in [2.24, 2.45) is 13.0 Å². The van der Waals surface area contributed by atoms with Crippen LogP contribution in [0.2, 0.25) is 0 Å². The number of H-pyrrole nitrogens is 1. The molecule has 2 heterocycles. The fraction of sp³-hybridized carbons (Fsp3) is 0.286. The van der Waals surface area contributed by atoms with Crippen LogP contribution in [-0.2, 0) is 20.0 Å². The van der Waals surface area contributed by atoms with Gasteiger partial charge in [0.05, 0.1) is 0 Å². The van der Waals surface area contributed by atoms with Crippen LogP contribution in [0.3, 0.4) is 0 Å².